The Hall–Kier alpha value is -2.09. The van der Waals surface area contributed by atoms with Gasteiger partial charge in [0.15, 0.2) is 0 Å². The molecular formula is C19H33N5O3. The summed E-state index contributed by atoms with van der Waals surface area (Å²) in [4.78, 5) is 28.5. The van der Waals surface area contributed by atoms with Crippen molar-refractivity contribution >= 4 is 12.0 Å². The topological polar surface area (TPSA) is 79.7 Å². The number of carbonyl (C=O) groups is 2. The summed E-state index contributed by atoms with van der Waals surface area (Å²) in [7, 11) is 1.84. The first-order chi connectivity index (χ1) is 12.6. The number of carbonyl (C=O) groups excluding carboxylic acids is 2. The molecule has 2 rings (SSSR count). The minimum atomic E-state index is -0.461. The maximum absolute atomic E-state index is 12.3. The van der Waals surface area contributed by atoms with Gasteiger partial charge in [-0.2, -0.15) is 5.10 Å². The van der Waals surface area contributed by atoms with Crippen LogP contribution < -0.4 is 5.32 Å². The minimum absolute atomic E-state index is 0.0622. The number of nitrogens with zero attached hydrogens (tertiary/aromatic N) is 4. The highest BCUT2D eigenvalue weighted by molar-refractivity contribution is 5.96. The summed E-state index contributed by atoms with van der Waals surface area (Å²) in [6.45, 7) is 13.9. The van der Waals surface area contributed by atoms with Crippen molar-refractivity contribution in [1.82, 2.24) is 24.9 Å². The molecule has 2 heterocycles. The van der Waals surface area contributed by atoms with Crippen molar-refractivity contribution in [3.63, 3.8) is 0 Å². The van der Waals surface area contributed by atoms with E-state index in [0.717, 1.165) is 37.4 Å². The van der Waals surface area contributed by atoms with Crippen molar-refractivity contribution in [3.05, 3.63) is 17.0 Å². The van der Waals surface area contributed by atoms with E-state index in [9.17, 15) is 9.59 Å². The molecule has 152 valence electrons. The zero-order valence-electron chi connectivity index (χ0n) is 17.5. The SMILES string of the molecule is Cc1nn(C)c(C)c1C(=O)NCCCN1CCN(C(=O)OC(C)(C)C)CC1. The quantitative estimate of drug-likeness (QED) is 0.788. The van der Waals surface area contributed by atoms with E-state index in [1.165, 1.54) is 0 Å². The van der Waals surface area contributed by atoms with E-state index in [1.54, 1.807) is 9.58 Å². The predicted octanol–water partition coefficient (Wildman–Crippen LogP) is 1.71. The van der Waals surface area contributed by atoms with Crippen LogP contribution in [0.2, 0.25) is 0 Å². The molecule has 1 aromatic rings. The summed E-state index contributed by atoms with van der Waals surface area (Å²) in [5.74, 6) is -0.0622. The van der Waals surface area contributed by atoms with Gasteiger partial charge in [0.1, 0.15) is 5.60 Å². The summed E-state index contributed by atoms with van der Waals surface area (Å²) < 4.78 is 7.15. The highest BCUT2D eigenvalue weighted by Gasteiger charge is 2.25. The van der Waals surface area contributed by atoms with Gasteiger partial charge in [0.25, 0.3) is 5.91 Å². The number of nitrogens with one attached hydrogen (secondary N) is 1. The van der Waals surface area contributed by atoms with Crippen LogP contribution in [0.5, 0.6) is 0 Å². The number of ether oxygens (including phenoxy) is 1. The fourth-order valence-corrected chi connectivity index (χ4v) is 3.18. The van der Waals surface area contributed by atoms with E-state index in [1.807, 2.05) is 41.7 Å². The summed E-state index contributed by atoms with van der Waals surface area (Å²) in [5, 5.41) is 7.26. The number of hydrogen-bond donors (Lipinski definition) is 1. The van der Waals surface area contributed by atoms with Crippen molar-refractivity contribution in [2.24, 2.45) is 7.05 Å². The zero-order valence-corrected chi connectivity index (χ0v) is 17.5. The molecule has 1 aliphatic rings. The average molecular weight is 380 g/mol. The summed E-state index contributed by atoms with van der Waals surface area (Å²) in [5.41, 5.74) is 1.84. The van der Waals surface area contributed by atoms with Crippen LogP contribution in [0, 0.1) is 13.8 Å². The van der Waals surface area contributed by atoms with E-state index in [4.69, 9.17) is 4.74 Å². The molecule has 0 bridgehead atoms. The number of amides is 2. The van der Waals surface area contributed by atoms with Crippen molar-refractivity contribution in [1.29, 1.82) is 0 Å². The fourth-order valence-electron chi connectivity index (χ4n) is 3.18. The second kappa shape index (κ2) is 8.73. The number of piperazine rings is 1. The third-order valence-electron chi connectivity index (χ3n) is 4.70. The molecule has 1 aliphatic heterocycles. The molecular weight excluding hydrogens is 346 g/mol. The summed E-state index contributed by atoms with van der Waals surface area (Å²) >= 11 is 0. The standard InChI is InChI=1S/C19H33N5O3/c1-14-16(15(2)22(6)21-14)17(25)20-8-7-9-23-10-12-24(13-11-23)18(26)27-19(3,4)5/h7-13H2,1-6H3,(H,20,25). The number of aryl methyl sites for hydroxylation is 2. The molecule has 1 aromatic heterocycles. The molecule has 1 fully saturated rings. The monoisotopic (exact) mass is 379 g/mol. The van der Waals surface area contributed by atoms with Gasteiger partial charge >= 0.3 is 6.09 Å². The lowest BCUT2D eigenvalue weighted by atomic mass is 10.2. The molecule has 0 saturated carbocycles. The number of aromatic nitrogens is 2. The smallest absolute Gasteiger partial charge is 0.410 e. The van der Waals surface area contributed by atoms with E-state index in [-0.39, 0.29) is 12.0 Å². The first kappa shape index (κ1) is 21.2. The van der Waals surface area contributed by atoms with Crippen molar-refractivity contribution in [3.8, 4) is 0 Å². The van der Waals surface area contributed by atoms with Gasteiger partial charge in [-0.15, -0.1) is 0 Å². The highest BCUT2D eigenvalue weighted by atomic mass is 16.6. The van der Waals surface area contributed by atoms with Crippen LogP contribution in [0.4, 0.5) is 4.79 Å². The number of hydrogen-bond acceptors (Lipinski definition) is 5. The van der Waals surface area contributed by atoms with Crippen molar-refractivity contribution in [2.45, 2.75) is 46.6 Å². The molecule has 0 spiro atoms. The van der Waals surface area contributed by atoms with Crippen molar-refractivity contribution < 1.29 is 14.3 Å². The Morgan fingerprint density at radius 3 is 2.30 bits per heavy atom. The van der Waals surface area contributed by atoms with Crippen LogP contribution >= 0.6 is 0 Å². The molecule has 8 heteroatoms. The molecule has 2 amide bonds. The van der Waals surface area contributed by atoms with Crippen LogP contribution in [-0.2, 0) is 11.8 Å². The highest BCUT2D eigenvalue weighted by Crippen LogP contribution is 2.13. The molecule has 27 heavy (non-hydrogen) atoms. The summed E-state index contributed by atoms with van der Waals surface area (Å²) in [6.07, 6.45) is 0.632. The van der Waals surface area contributed by atoms with Crippen LogP contribution in [-0.4, -0.2) is 76.5 Å². The molecule has 0 unspecified atom stereocenters. The minimum Gasteiger partial charge on any atom is -0.444 e. The number of rotatable bonds is 5. The van der Waals surface area contributed by atoms with Gasteiger partial charge in [0.2, 0.25) is 0 Å². The second-order valence-electron chi connectivity index (χ2n) is 8.09. The van der Waals surface area contributed by atoms with Gasteiger partial charge in [0.05, 0.1) is 11.3 Å². The molecule has 0 radical (unpaired) electrons. The van der Waals surface area contributed by atoms with Gasteiger partial charge < -0.3 is 15.0 Å². The maximum atomic E-state index is 12.3. The first-order valence-corrected chi connectivity index (χ1v) is 9.57. The van der Waals surface area contributed by atoms with Gasteiger partial charge in [0, 0.05) is 45.5 Å². The lowest BCUT2D eigenvalue weighted by Gasteiger charge is -2.35. The van der Waals surface area contributed by atoms with Crippen LogP contribution in [0.3, 0.4) is 0 Å². The molecule has 8 nitrogen and oxygen atoms in total. The molecule has 0 atom stereocenters. The Morgan fingerprint density at radius 2 is 1.78 bits per heavy atom. The normalized spacial score (nSPS) is 15.7. The first-order valence-electron chi connectivity index (χ1n) is 9.57. The van der Waals surface area contributed by atoms with Crippen molar-refractivity contribution in [2.75, 3.05) is 39.3 Å². The second-order valence-corrected chi connectivity index (χ2v) is 8.09. The third-order valence-corrected chi connectivity index (χ3v) is 4.70. The largest absolute Gasteiger partial charge is 0.444 e. The zero-order chi connectivity index (χ0) is 20.2. The maximum Gasteiger partial charge on any atom is 0.410 e. The molecule has 0 aliphatic carbocycles. The Labute approximate surface area is 161 Å². The fraction of sp³-hybridized carbons (Fsp3) is 0.737. The lowest BCUT2D eigenvalue weighted by molar-refractivity contribution is 0.0144. The molecule has 1 N–H and O–H groups in total. The van der Waals surface area contributed by atoms with E-state index >= 15 is 0 Å². The van der Waals surface area contributed by atoms with E-state index < -0.39 is 5.60 Å². The van der Waals surface area contributed by atoms with E-state index in [0.29, 0.717) is 25.2 Å². The van der Waals surface area contributed by atoms with Crippen LogP contribution in [0.25, 0.3) is 0 Å². The Kier molecular flexibility index (Phi) is 6.86. The Morgan fingerprint density at radius 1 is 1.15 bits per heavy atom. The van der Waals surface area contributed by atoms with Gasteiger partial charge in [-0.3, -0.25) is 14.4 Å². The van der Waals surface area contributed by atoms with Crippen LogP contribution in [0.1, 0.15) is 48.9 Å². The lowest BCUT2D eigenvalue weighted by Crippen LogP contribution is -2.50. The average Bonchev–Trinajstić information content (AvgIpc) is 2.83. The van der Waals surface area contributed by atoms with Gasteiger partial charge in [-0.05, 0) is 47.6 Å². The Bertz CT molecular complexity index is 670. The van der Waals surface area contributed by atoms with Gasteiger partial charge in [-0.1, -0.05) is 0 Å². The third kappa shape index (κ3) is 5.95. The van der Waals surface area contributed by atoms with Crippen LogP contribution in [0.15, 0.2) is 0 Å². The van der Waals surface area contributed by atoms with Gasteiger partial charge in [-0.25, -0.2) is 4.79 Å². The predicted molar refractivity (Wildman–Crippen MR) is 104 cm³/mol. The molecule has 1 saturated heterocycles. The summed E-state index contributed by atoms with van der Waals surface area (Å²) in [6, 6.07) is 0. The molecule has 0 aromatic carbocycles. The van der Waals surface area contributed by atoms with E-state index in [2.05, 4.69) is 15.3 Å². The Balaban J connectivity index is 1.67.